The first-order chi connectivity index (χ1) is 16.5. The van der Waals surface area contributed by atoms with E-state index in [0.29, 0.717) is 29.5 Å². The van der Waals surface area contributed by atoms with Crippen molar-refractivity contribution in [3.63, 3.8) is 0 Å². The molecule has 34 heavy (non-hydrogen) atoms. The maximum Gasteiger partial charge on any atom is 0.257 e. The molecule has 0 radical (unpaired) electrons. The Hall–Kier alpha value is -3.67. The molecular formula is C28H30N4O2. The number of hydrogen-bond donors (Lipinski definition) is 1. The van der Waals surface area contributed by atoms with Crippen molar-refractivity contribution in [3.05, 3.63) is 77.4 Å². The zero-order valence-corrected chi connectivity index (χ0v) is 20.0. The van der Waals surface area contributed by atoms with Crippen LogP contribution in [0.15, 0.2) is 54.9 Å². The second-order valence-electron chi connectivity index (χ2n) is 9.12. The van der Waals surface area contributed by atoms with Crippen LogP contribution in [0.5, 0.6) is 5.75 Å². The van der Waals surface area contributed by atoms with E-state index < -0.39 is 0 Å². The molecule has 4 aromatic rings. The number of aryl methyl sites for hydroxylation is 2. The second-order valence-corrected chi connectivity index (χ2v) is 9.12. The second kappa shape index (κ2) is 9.29. The van der Waals surface area contributed by atoms with Crippen LogP contribution in [0.2, 0.25) is 0 Å². The Bertz CT molecular complexity index is 1330. The molecule has 0 aliphatic heterocycles. The Morgan fingerprint density at radius 3 is 2.68 bits per heavy atom. The number of fused-ring (bicyclic) bond motifs is 1. The number of methoxy groups -OCH3 is 1. The summed E-state index contributed by atoms with van der Waals surface area (Å²) in [6.45, 7) is 5.35. The first kappa shape index (κ1) is 22.1. The molecule has 2 aromatic heterocycles. The van der Waals surface area contributed by atoms with Crippen LogP contribution in [0.1, 0.15) is 40.2 Å². The van der Waals surface area contributed by atoms with Crippen LogP contribution in [0.4, 0.5) is 0 Å². The molecule has 0 unspecified atom stereocenters. The lowest BCUT2D eigenvalue weighted by Crippen LogP contribution is -2.35. The normalized spacial score (nSPS) is 13.3. The lowest BCUT2D eigenvalue weighted by molar-refractivity contribution is 0.0749. The molecule has 1 aliphatic rings. The summed E-state index contributed by atoms with van der Waals surface area (Å²) in [5.74, 6) is 2.12. The quantitative estimate of drug-likeness (QED) is 0.390. The van der Waals surface area contributed by atoms with E-state index in [1.165, 1.54) is 23.8 Å². The largest absolute Gasteiger partial charge is 0.496 e. The minimum Gasteiger partial charge on any atom is -0.496 e. The average Bonchev–Trinajstić information content (AvgIpc) is 3.59. The SMILES string of the molecule is COc1ccc2[nH]cc(CCN(CC3CC3)C(=O)c3cnc(C)nc3-c3ccccc3)c2c1C. The molecule has 0 bridgehead atoms. The Morgan fingerprint density at radius 2 is 1.94 bits per heavy atom. The van der Waals surface area contributed by atoms with Gasteiger partial charge >= 0.3 is 0 Å². The number of aromatic nitrogens is 3. The lowest BCUT2D eigenvalue weighted by Gasteiger charge is -2.24. The summed E-state index contributed by atoms with van der Waals surface area (Å²) >= 11 is 0. The van der Waals surface area contributed by atoms with Crippen LogP contribution < -0.4 is 4.74 Å². The van der Waals surface area contributed by atoms with Crippen LogP contribution in [0, 0.1) is 19.8 Å². The molecule has 0 atom stereocenters. The van der Waals surface area contributed by atoms with Crippen LogP contribution in [-0.4, -0.2) is 46.0 Å². The van der Waals surface area contributed by atoms with Crippen molar-refractivity contribution in [1.29, 1.82) is 0 Å². The third-order valence-electron chi connectivity index (χ3n) is 6.66. The lowest BCUT2D eigenvalue weighted by atomic mass is 10.0. The number of hydrogen-bond acceptors (Lipinski definition) is 4. The maximum absolute atomic E-state index is 13.8. The molecular weight excluding hydrogens is 424 g/mol. The molecule has 1 fully saturated rings. The third kappa shape index (κ3) is 4.40. The molecule has 1 saturated carbocycles. The van der Waals surface area contributed by atoms with Crippen LogP contribution >= 0.6 is 0 Å². The third-order valence-corrected chi connectivity index (χ3v) is 6.66. The molecule has 6 heteroatoms. The predicted molar refractivity (Wildman–Crippen MR) is 134 cm³/mol. The van der Waals surface area contributed by atoms with Gasteiger partial charge in [-0.25, -0.2) is 9.97 Å². The molecule has 1 N–H and O–H groups in total. The minimum absolute atomic E-state index is 0.0000955. The van der Waals surface area contributed by atoms with Crippen molar-refractivity contribution in [2.75, 3.05) is 20.2 Å². The van der Waals surface area contributed by atoms with Gasteiger partial charge in [-0.1, -0.05) is 30.3 Å². The maximum atomic E-state index is 13.8. The molecule has 6 nitrogen and oxygen atoms in total. The minimum atomic E-state index is -0.0000955. The van der Waals surface area contributed by atoms with Crippen molar-refractivity contribution in [3.8, 4) is 17.0 Å². The van der Waals surface area contributed by atoms with Gasteiger partial charge in [0.05, 0.1) is 18.4 Å². The first-order valence-electron chi connectivity index (χ1n) is 11.9. The van der Waals surface area contributed by atoms with E-state index in [-0.39, 0.29) is 5.91 Å². The molecule has 1 aliphatic carbocycles. The summed E-state index contributed by atoms with van der Waals surface area (Å²) in [5, 5.41) is 1.18. The summed E-state index contributed by atoms with van der Waals surface area (Å²) in [5.41, 5.74) is 5.60. The van der Waals surface area contributed by atoms with Gasteiger partial charge in [0, 0.05) is 47.5 Å². The molecule has 5 rings (SSSR count). The van der Waals surface area contributed by atoms with Gasteiger partial charge in [0.25, 0.3) is 5.91 Å². The molecule has 0 saturated heterocycles. The highest BCUT2D eigenvalue weighted by atomic mass is 16.5. The number of amides is 1. The number of ether oxygens (including phenoxy) is 1. The highest BCUT2D eigenvalue weighted by Gasteiger charge is 2.29. The van der Waals surface area contributed by atoms with Crippen LogP contribution in [-0.2, 0) is 6.42 Å². The van der Waals surface area contributed by atoms with Crippen LogP contribution in [0.3, 0.4) is 0 Å². The number of benzene rings is 2. The summed E-state index contributed by atoms with van der Waals surface area (Å²) < 4.78 is 5.53. The zero-order chi connectivity index (χ0) is 23.7. The summed E-state index contributed by atoms with van der Waals surface area (Å²) in [4.78, 5) is 28.2. The number of carbonyl (C=O) groups excluding carboxylic acids is 1. The number of nitrogens with one attached hydrogen (secondary N) is 1. The Kier molecular flexibility index (Phi) is 6.05. The fraction of sp³-hybridized carbons (Fsp3) is 0.321. The number of H-pyrrole nitrogens is 1. The van der Waals surface area contributed by atoms with E-state index in [9.17, 15) is 4.79 Å². The van der Waals surface area contributed by atoms with Gasteiger partial charge in [-0.05, 0) is 56.7 Å². The number of rotatable bonds is 8. The van der Waals surface area contributed by atoms with Gasteiger partial charge in [0.15, 0.2) is 0 Å². The zero-order valence-electron chi connectivity index (χ0n) is 20.0. The van der Waals surface area contributed by atoms with Gasteiger partial charge in [-0.15, -0.1) is 0 Å². The fourth-order valence-corrected chi connectivity index (χ4v) is 4.64. The predicted octanol–water partition coefficient (Wildman–Crippen LogP) is 5.35. The molecule has 2 aromatic carbocycles. The fourth-order valence-electron chi connectivity index (χ4n) is 4.64. The summed E-state index contributed by atoms with van der Waals surface area (Å²) in [6.07, 6.45) is 6.88. The topological polar surface area (TPSA) is 71.1 Å². The summed E-state index contributed by atoms with van der Waals surface area (Å²) in [6, 6.07) is 13.9. The van der Waals surface area contributed by atoms with Gasteiger partial charge in [0.1, 0.15) is 11.6 Å². The van der Waals surface area contributed by atoms with Crippen molar-refractivity contribution >= 4 is 16.8 Å². The van der Waals surface area contributed by atoms with Gasteiger partial charge in [-0.2, -0.15) is 0 Å². The Balaban J connectivity index is 1.45. The molecule has 1 amide bonds. The first-order valence-corrected chi connectivity index (χ1v) is 11.9. The average molecular weight is 455 g/mol. The Morgan fingerprint density at radius 1 is 1.15 bits per heavy atom. The van der Waals surface area contributed by atoms with E-state index in [1.54, 1.807) is 13.3 Å². The molecule has 0 spiro atoms. The van der Waals surface area contributed by atoms with Crippen molar-refractivity contribution < 1.29 is 9.53 Å². The van der Waals surface area contributed by atoms with E-state index >= 15 is 0 Å². The van der Waals surface area contributed by atoms with Gasteiger partial charge in [0.2, 0.25) is 0 Å². The van der Waals surface area contributed by atoms with Gasteiger partial charge < -0.3 is 14.6 Å². The monoisotopic (exact) mass is 454 g/mol. The van der Waals surface area contributed by atoms with Crippen molar-refractivity contribution in [2.45, 2.75) is 33.1 Å². The highest BCUT2D eigenvalue weighted by Crippen LogP contribution is 2.32. The smallest absolute Gasteiger partial charge is 0.257 e. The molecule has 174 valence electrons. The van der Waals surface area contributed by atoms with E-state index in [4.69, 9.17) is 4.74 Å². The molecule has 2 heterocycles. The Labute approximate surface area is 200 Å². The van der Waals surface area contributed by atoms with Crippen molar-refractivity contribution in [1.82, 2.24) is 19.9 Å². The number of nitrogens with zero attached hydrogens (tertiary/aromatic N) is 3. The van der Waals surface area contributed by atoms with Crippen molar-refractivity contribution in [2.24, 2.45) is 5.92 Å². The highest BCUT2D eigenvalue weighted by molar-refractivity contribution is 5.99. The van der Waals surface area contributed by atoms with Crippen LogP contribution in [0.25, 0.3) is 22.2 Å². The van der Waals surface area contributed by atoms with E-state index in [2.05, 4.69) is 28.1 Å². The van der Waals surface area contributed by atoms with E-state index in [1.807, 2.05) is 54.3 Å². The number of carbonyl (C=O) groups is 1. The standard InChI is InChI=1S/C28H30N4O2/c1-18-25(34-3)12-11-24-26(18)22(15-30-24)13-14-32(17-20-9-10-20)28(33)23-16-29-19(2)31-27(23)21-7-5-4-6-8-21/h4-8,11-12,15-16,20,30H,9-10,13-14,17H2,1-3H3. The summed E-state index contributed by atoms with van der Waals surface area (Å²) in [7, 11) is 1.70. The number of aromatic amines is 1. The van der Waals surface area contributed by atoms with E-state index in [0.717, 1.165) is 35.4 Å². The van der Waals surface area contributed by atoms with Gasteiger partial charge in [-0.3, -0.25) is 4.79 Å².